The van der Waals surface area contributed by atoms with Crippen LogP contribution in [0, 0.1) is 0 Å². The Morgan fingerprint density at radius 2 is 2.09 bits per heavy atom. The first-order valence-electron chi connectivity index (χ1n) is 6.68. The van der Waals surface area contributed by atoms with E-state index in [0.717, 1.165) is 11.5 Å². The van der Waals surface area contributed by atoms with E-state index < -0.39 is 50.0 Å². The predicted octanol–water partition coefficient (Wildman–Crippen LogP) is -1.65. The van der Waals surface area contributed by atoms with Gasteiger partial charge < -0.3 is 34.8 Å². The van der Waals surface area contributed by atoms with E-state index in [1.165, 1.54) is 12.3 Å². The Labute approximate surface area is 129 Å². The summed E-state index contributed by atoms with van der Waals surface area (Å²) in [5, 5.41) is 9.39. The lowest BCUT2D eigenvalue weighted by Gasteiger charge is -2.27. The minimum absolute atomic E-state index is 0.0168. The highest BCUT2D eigenvalue weighted by molar-refractivity contribution is 7.53. The molecule has 2 aliphatic heterocycles. The van der Waals surface area contributed by atoms with Gasteiger partial charge in [-0.3, -0.25) is 9.13 Å². The summed E-state index contributed by atoms with van der Waals surface area (Å²) in [6.07, 6.45) is -2.61. The second kappa shape index (κ2) is 5.35. The molecule has 2 saturated heterocycles. The third-order valence-corrected chi connectivity index (χ3v) is 5.10. The van der Waals surface area contributed by atoms with Gasteiger partial charge in [-0.2, -0.15) is 4.98 Å². The molecule has 3 heterocycles. The van der Waals surface area contributed by atoms with Crippen LogP contribution < -0.4 is 11.4 Å². The summed E-state index contributed by atoms with van der Waals surface area (Å²) in [5.41, 5.74) is 2.52. The van der Waals surface area contributed by atoms with Crippen LogP contribution in [0.15, 0.2) is 17.1 Å². The number of aliphatic hydroxyl groups excluding tert-OH is 1. The van der Waals surface area contributed by atoms with Crippen LogP contribution in [-0.4, -0.2) is 54.9 Å². The number of nitrogen functional groups attached to an aromatic ring is 1. The molecule has 0 amide bonds. The van der Waals surface area contributed by atoms with Gasteiger partial charge in [0.1, 0.15) is 24.1 Å². The largest absolute Gasteiger partial charge is 0.394 e. The molecule has 128 valence electrons. The van der Waals surface area contributed by atoms with Crippen LogP contribution in [0.1, 0.15) is 13.2 Å². The fraction of sp³-hybridized carbons (Fsp3) is 0.636. The van der Waals surface area contributed by atoms with Gasteiger partial charge in [-0.05, 0) is 6.07 Å². The van der Waals surface area contributed by atoms with Crippen molar-refractivity contribution in [3.8, 4) is 0 Å². The molecular formula is C11H16N3O8P. The number of nitrogens with zero attached hydrogens (tertiary/aromatic N) is 2. The van der Waals surface area contributed by atoms with E-state index in [-0.39, 0.29) is 5.82 Å². The lowest BCUT2D eigenvalue weighted by Crippen LogP contribution is -2.35. The summed E-state index contributed by atoms with van der Waals surface area (Å²) in [7, 11) is -4.76. The van der Waals surface area contributed by atoms with E-state index in [2.05, 4.69) is 4.98 Å². The van der Waals surface area contributed by atoms with Crippen molar-refractivity contribution >= 4 is 13.4 Å². The molecule has 5 N–H and O–H groups in total. The van der Waals surface area contributed by atoms with Gasteiger partial charge in [0, 0.05) is 13.1 Å². The number of fused-ring (bicyclic) bond motifs is 1. The summed E-state index contributed by atoms with van der Waals surface area (Å²) >= 11 is 0. The number of ether oxygens (including phenoxy) is 3. The molecule has 11 nitrogen and oxygen atoms in total. The highest BCUT2D eigenvalue weighted by Gasteiger charge is 2.63. The van der Waals surface area contributed by atoms with Crippen LogP contribution in [0.25, 0.3) is 0 Å². The average molecular weight is 349 g/mol. The number of hydrogen-bond donors (Lipinski definition) is 4. The van der Waals surface area contributed by atoms with Crippen molar-refractivity contribution in [1.82, 2.24) is 9.55 Å². The smallest absolute Gasteiger partial charge is 0.384 e. The third-order valence-electron chi connectivity index (χ3n) is 3.83. The van der Waals surface area contributed by atoms with Crippen molar-refractivity contribution in [3.05, 3.63) is 22.7 Å². The quantitative estimate of drug-likeness (QED) is 0.464. The first-order chi connectivity index (χ1) is 10.7. The van der Waals surface area contributed by atoms with Crippen LogP contribution >= 0.6 is 7.60 Å². The monoisotopic (exact) mass is 349 g/mol. The predicted molar refractivity (Wildman–Crippen MR) is 74.1 cm³/mol. The molecule has 2 aliphatic rings. The van der Waals surface area contributed by atoms with Crippen molar-refractivity contribution in [3.63, 3.8) is 0 Å². The number of nitrogens with two attached hydrogens (primary N) is 1. The second-order valence-electron chi connectivity index (χ2n) is 5.40. The number of rotatable bonds is 3. The Hall–Kier alpha value is -1.33. The Bertz CT molecular complexity index is 719. The van der Waals surface area contributed by atoms with Gasteiger partial charge in [0.15, 0.2) is 6.23 Å². The molecule has 23 heavy (non-hydrogen) atoms. The highest BCUT2D eigenvalue weighted by Crippen LogP contribution is 2.58. The summed E-state index contributed by atoms with van der Waals surface area (Å²) < 4.78 is 28.9. The van der Waals surface area contributed by atoms with Crippen molar-refractivity contribution in [2.75, 3.05) is 12.3 Å². The first kappa shape index (κ1) is 16.5. The zero-order valence-electron chi connectivity index (χ0n) is 12.0. The van der Waals surface area contributed by atoms with Crippen LogP contribution in [0.5, 0.6) is 0 Å². The topological polar surface area (TPSA) is 166 Å². The number of aromatic nitrogens is 2. The average Bonchev–Trinajstić information content (AvgIpc) is 2.94. The lowest BCUT2D eigenvalue weighted by molar-refractivity contribution is -0.175. The Morgan fingerprint density at radius 3 is 2.65 bits per heavy atom. The maximum atomic E-state index is 11.9. The van der Waals surface area contributed by atoms with Gasteiger partial charge in [-0.1, -0.05) is 0 Å². The molecule has 0 aliphatic carbocycles. The van der Waals surface area contributed by atoms with E-state index in [9.17, 15) is 24.3 Å². The third kappa shape index (κ3) is 2.60. The van der Waals surface area contributed by atoms with Crippen molar-refractivity contribution in [2.24, 2.45) is 0 Å². The molecule has 0 spiro atoms. The maximum absolute atomic E-state index is 11.9. The van der Waals surface area contributed by atoms with Gasteiger partial charge in [-0.25, -0.2) is 4.79 Å². The van der Waals surface area contributed by atoms with Gasteiger partial charge in [0.25, 0.3) is 5.53 Å². The summed E-state index contributed by atoms with van der Waals surface area (Å²) in [5.74, 6) is 0.0168. The molecule has 0 radical (unpaired) electrons. The zero-order valence-corrected chi connectivity index (χ0v) is 12.9. The van der Waals surface area contributed by atoms with Crippen LogP contribution in [-0.2, 0) is 18.8 Å². The standard InChI is InChI=1S/C11H16N3O8P/c1-11(23(17,18)19)21-7-5(4-15)20-9(8(7)22-11)14-3-2-6(12)13-10(14)16/h2-3,5,7-9,15H,4H2,1H3,(H2,12,13,16)(H2,17,18,19)/t5-,7-,8-,9-,11?/m1/s1. The molecule has 1 aromatic rings. The summed E-state index contributed by atoms with van der Waals surface area (Å²) in [6, 6.07) is 1.37. The normalized spacial score (nSPS) is 37.0. The Kier molecular flexibility index (Phi) is 3.84. The van der Waals surface area contributed by atoms with Crippen LogP contribution in [0.4, 0.5) is 5.82 Å². The molecule has 5 atom stereocenters. The first-order valence-corrected chi connectivity index (χ1v) is 8.30. The number of anilines is 1. The SMILES string of the molecule is CC1(P(=O)(O)O)O[C@@H]2[C@H](O1)[C@@H](CO)O[C@H]2n1ccc(N)nc1=O. The fourth-order valence-electron chi connectivity index (χ4n) is 2.64. The molecule has 1 aromatic heterocycles. The molecule has 1 unspecified atom stereocenters. The van der Waals surface area contributed by atoms with E-state index in [1.807, 2.05) is 0 Å². The molecular weight excluding hydrogens is 333 g/mol. The molecule has 12 heteroatoms. The van der Waals surface area contributed by atoms with E-state index in [0.29, 0.717) is 0 Å². The van der Waals surface area contributed by atoms with Crippen LogP contribution in [0.3, 0.4) is 0 Å². The Morgan fingerprint density at radius 1 is 1.43 bits per heavy atom. The van der Waals surface area contributed by atoms with E-state index >= 15 is 0 Å². The zero-order chi connectivity index (χ0) is 17.0. The van der Waals surface area contributed by atoms with Gasteiger partial charge in [0.2, 0.25) is 0 Å². The molecule has 0 bridgehead atoms. The maximum Gasteiger partial charge on any atom is 0.384 e. The van der Waals surface area contributed by atoms with Crippen molar-refractivity contribution in [2.45, 2.75) is 37.0 Å². The minimum Gasteiger partial charge on any atom is -0.394 e. The van der Waals surface area contributed by atoms with E-state index in [4.69, 9.17) is 19.9 Å². The lowest BCUT2D eigenvalue weighted by atomic mass is 10.1. The van der Waals surface area contributed by atoms with Crippen molar-refractivity contribution in [1.29, 1.82) is 0 Å². The second-order valence-corrected chi connectivity index (χ2v) is 7.30. The van der Waals surface area contributed by atoms with Gasteiger partial charge in [-0.15, -0.1) is 0 Å². The number of aliphatic hydroxyl groups is 1. The molecule has 2 fully saturated rings. The summed E-state index contributed by atoms with van der Waals surface area (Å²) in [6.45, 7) is 0.622. The van der Waals surface area contributed by atoms with Gasteiger partial charge in [0.05, 0.1) is 6.61 Å². The molecule has 0 saturated carbocycles. The molecule has 3 rings (SSSR count). The highest BCUT2D eigenvalue weighted by atomic mass is 31.2. The van der Waals surface area contributed by atoms with E-state index in [1.54, 1.807) is 0 Å². The van der Waals surface area contributed by atoms with Gasteiger partial charge >= 0.3 is 13.3 Å². The van der Waals surface area contributed by atoms with Crippen LogP contribution in [0.2, 0.25) is 0 Å². The fourth-order valence-corrected chi connectivity index (χ4v) is 3.15. The number of hydrogen-bond acceptors (Lipinski definition) is 8. The summed E-state index contributed by atoms with van der Waals surface area (Å²) in [4.78, 5) is 34.3. The molecule has 0 aromatic carbocycles. The van der Waals surface area contributed by atoms with Crippen molar-refractivity contribution < 1.29 is 33.7 Å². The Balaban J connectivity index is 1.98. The minimum atomic E-state index is -4.76.